The third-order valence-electron chi connectivity index (χ3n) is 3.07. The Morgan fingerprint density at radius 2 is 1.95 bits per heavy atom. The summed E-state index contributed by atoms with van der Waals surface area (Å²) < 4.78 is 9.78. The van der Waals surface area contributed by atoms with Crippen molar-refractivity contribution in [3.63, 3.8) is 0 Å². The molecule has 2 aliphatic rings. The van der Waals surface area contributed by atoms with E-state index in [4.69, 9.17) is 9.47 Å². The summed E-state index contributed by atoms with van der Waals surface area (Å²) in [7, 11) is 0. The van der Waals surface area contributed by atoms with E-state index in [0.717, 1.165) is 4.90 Å². The van der Waals surface area contributed by atoms with Crippen LogP contribution in [0.2, 0.25) is 0 Å². The van der Waals surface area contributed by atoms with Crippen LogP contribution >= 0.6 is 0 Å². The molecule has 1 aromatic carbocycles. The number of rotatable bonds is 2. The van der Waals surface area contributed by atoms with E-state index < -0.39 is 29.2 Å². The molecule has 2 heterocycles. The highest BCUT2D eigenvalue weighted by Crippen LogP contribution is 2.40. The fourth-order valence-electron chi connectivity index (χ4n) is 2.22. The van der Waals surface area contributed by atoms with Crippen molar-refractivity contribution < 1.29 is 28.7 Å². The zero-order valence-electron chi connectivity index (χ0n) is 10.9. The van der Waals surface area contributed by atoms with Gasteiger partial charge in [0, 0.05) is 0 Å². The Bertz CT molecular complexity index is 733. The summed E-state index contributed by atoms with van der Waals surface area (Å²) in [4.78, 5) is 48.8. The van der Waals surface area contributed by atoms with Gasteiger partial charge in [0.15, 0.2) is 11.4 Å². The van der Waals surface area contributed by atoms with Crippen LogP contribution in [-0.2, 0) is 23.9 Å². The summed E-state index contributed by atoms with van der Waals surface area (Å²) in [6, 6.07) is 6.25. The standard InChI is InChI=1S/C14H9NO6/c1-2-20-13(18)9-10-14(19)21-8-6-4-3-5-7(8)15(10)12(17)11(9)16/h3-6H,2H2,1H3. The van der Waals surface area contributed by atoms with Gasteiger partial charge >= 0.3 is 17.8 Å². The van der Waals surface area contributed by atoms with Crippen molar-refractivity contribution in [2.45, 2.75) is 6.92 Å². The highest BCUT2D eigenvalue weighted by molar-refractivity contribution is 6.58. The van der Waals surface area contributed by atoms with Crippen LogP contribution < -0.4 is 9.64 Å². The number of hydrogen-bond donors (Lipinski definition) is 0. The van der Waals surface area contributed by atoms with Crippen LogP contribution in [0.5, 0.6) is 5.75 Å². The molecule has 0 bridgehead atoms. The third-order valence-corrected chi connectivity index (χ3v) is 3.07. The Balaban J connectivity index is 2.21. The van der Waals surface area contributed by atoms with Crippen molar-refractivity contribution >= 4 is 29.3 Å². The van der Waals surface area contributed by atoms with Crippen LogP contribution in [0, 0.1) is 0 Å². The predicted molar refractivity (Wildman–Crippen MR) is 68.2 cm³/mol. The second kappa shape index (κ2) is 4.55. The molecule has 0 spiro atoms. The number of esters is 2. The largest absolute Gasteiger partial charge is 0.462 e. The van der Waals surface area contributed by atoms with Crippen LogP contribution in [0.25, 0.3) is 0 Å². The second-order valence-corrected chi connectivity index (χ2v) is 4.27. The van der Waals surface area contributed by atoms with Gasteiger partial charge in [-0.15, -0.1) is 0 Å². The molecule has 0 atom stereocenters. The van der Waals surface area contributed by atoms with E-state index in [0.29, 0.717) is 0 Å². The van der Waals surface area contributed by atoms with Gasteiger partial charge in [-0.25, -0.2) is 9.59 Å². The normalized spacial score (nSPS) is 16.6. The van der Waals surface area contributed by atoms with Crippen molar-refractivity contribution in [2.75, 3.05) is 11.5 Å². The van der Waals surface area contributed by atoms with Crippen LogP contribution in [0.15, 0.2) is 35.5 Å². The molecule has 0 saturated heterocycles. The van der Waals surface area contributed by atoms with Gasteiger partial charge in [-0.2, -0.15) is 0 Å². The van der Waals surface area contributed by atoms with Crippen molar-refractivity contribution in [1.82, 2.24) is 0 Å². The number of anilines is 1. The molecule has 0 N–H and O–H groups in total. The molecule has 0 aliphatic carbocycles. The number of hydrogen-bond acceptors (Lipinski definition) is 6. The minimum atomic E-state index is -1.07. The lowest BCUT2D eigenvalue weighted by atomic mass is 10.1. The number of ether oxygens (including phenoxy) is 2. The van der Waals surface area contributed by atoms with Gasteiger partial charge in [0.2, 0.25) is 0 Å². The van der Waals surface area contributed by atoms with E-state index in [2.05, 4.69) is 0 Å². The van der Waals surface area contributed by atoms with E-state index in [1.54, 1.807) is 19.1 Å². The zero-order chi connectivity index (χ0) is 15.1. The van der Waals surface area contributed by atoms with E-state index >= 15 is 0 Å². The summed E-state index contributed by atoms with van der Waals surface area (Å²) in [5.74, 6) is -3.84. The van der Waals surface area contributed by atoms with Gasteiger partial charge in [0.05, 0.1) is 12.3 Å². The van der Waals surface area contributed by atoms with Crippen molar-refractivity contribution in [2.24, 2.45) is 0 Å². The number of para-hydroxylation sites is 2. The molecule has 3 rings (SSSR count). The first-order valence-electron chi connectivity index (χ1n) is 6.17. The molecule has 0 radical (unpaired) electrons. The third kappa shape index (κ3) is 1.74. The predicted octanol–water partition coefficient (Wildman–Crippen LogP) is 0.338. The van der Waals surface area contributed by atoms with E-state index in [1.165, 1.54) is 12.1 Å². The molecule has 7 heteroatoms. The molecule has 0 saturated carbocycles. The smallest absolute Gasteiger partial charge is 0.361 e. The van der Waals surface area contributed by atoms with Gasteiger partial charge in [-0.05, 0) is 19.1 Å². The highest BCUT2D eigenvalue weighted by atomic mass is 16.5. The summed E-state index contributed by atoms with van der Waals surface area (Å²) in [5, 5.41) is 0. The number of ketones is 1. The van der Waals surface area contributed by atoms with Crippen LogP contribution in [-0.4, -0.2) is 30.2 Å². The first-order chi connectivity index (χ1) is 10.1. The number of Topliss-reactive ketones (excluding diaryl/α,β-unsaturated/α-hetero) is 1. The average Bonchev–Trinajstić information content (AvgIpc) is 2.73. The molecule has 0 aromatic heterocycles. The number of amides is 1. The monoisotopic (exact) mass is 287 g/mol. The maximum atomic E-state index is 12.1. The minimum absolute atomic E-state index is 0.0166. The molecule has 2 aliphatic heterocycles. The fourth-order valence-corrected chi connectivity index (χ4v) is 2.22. The van der Waals surface area contributed by atoms with Gasteiger partial charge < -0.3 is 9.47 Å². The number of benzene rings is 1. The number of fused-ring (bicyclic) bond motifs is 3. The molecule has 106 valence electrons. The fraction of sp³-hybridized carbons (Fsp3) is 0.143. The van der Waals surface area contributed by atoms with Crippen molar-refractivity contribution in [3.05, 3.63) is 35.5 Å². The summed E-state index contributed by atoms with van der Waals surface area (Å²) in [6.45, 7) is 1.57. The molecular weight excluding hydrogens is 278 g/mol. The minimum Gasteiger partial charge on any atom is -0.462 e. The molecule has 21 heavy (non-hydrogen) atoms. The summed E-state index contributed by atoms with van der Waals surface area (Å²) >= 11 is 0. The van der Waals surface area contributed by atoms with Gasteiger partial charge in [-0.1, -0.05) is 12.1 Å². The molecule has 7 nitrogen and oxygen atoms in total. The van der Waals surface area contributed by atoms with E-state index in [9.17, 15) is 19.2 Å². The van der Waals surface area contributed by atoms with Gasteiger partial charge in [-0.3, -0.25) is 14.5 Å². The lowest BCUT2D eigenvalue weighted by Gasteiger charge is -2.25. The topological polar surface area (TPSA) is 90.0 Å². The lowest BCUT2D eigenvalue weighted by Crippen LogP contribution is -2.36. The molecule has 1 aromatic rings. The van der Waals surface area contributed by atoms with Crippen LogP contribution in [0.4, 0.5) is 5.69 Å². The van der Waals surface area contributed by atoms with E-state index in [1.807, 2.05) is 0 Å². The first-order valence-corrected chi connectivity index (χ1v) is 6.17. The Morgan fingerprint density at radius 1 is 1.24 bits per heavy atom. The average molecular weight is 287 g/mol. The lowest BCUT2D eigenvalue weighted by molar-refractivity contribution is -0.142. The zero-order valence-corrected chi connectivity index (χ0v) is 10.9. The number of carbonyl (C=O) groups is 4. The summed E-state index contributed by atoms with van der Waals surface area (Å²) in [6.07, 6.45) is 0. The van der Waals surface area contributed by atoms with Gasteiger partial charge in [0.25, 0.3) is 5.78 Å². The summed E-state index contributed by atoms with van der Waals surface area (Å²) in [5.41, 5.74) is -0.728. The quantitative estimate of drug-likeness (QED) is 0.337. The molecule has 0 unspecified atom stereocenters. The maximum Gasteiger partial charge on any atom is 0.361 e. The Morgan fingerprint density at radius 3 is 2.67 bits per heavy atom. The molecule has 1 amide bonds. The number of nitrogens with zero attached hydrogens (tertiary/aromatic N) is 1. The van der Waals surface area contributed by atoms with Gasteiger partial charge in [0.1, 0.15) is 5.57 Å². The Labute approximate surface area is 118 Å². The highest BCUT2D eigenvalue weighted by Gasteiger charge is 2.50. The molecule has 0 fully saturated rings. The Hall–Kier alpha value is -2.96. The van der Waals surface area contributed by atoms with E-state index in [-0.39, 0.29) is 23.7 Å². The van der Waals surface area contributed by atoms with Crippen molar-refractivity contribution in [1.29, 1.82) is 0 Å². The second-order valence-electron chi connectivity index (χ2n) is 4.27. The molecular formula is C14H9NO6. The van der Waals surface area contributed by atoms with Crippen LogP contribution in [0.1, 0.15) is 6.92 Å². The van der Waals surface area contributed by atoms with Crippen molar-refractivity contribution in [3.8, 4) is 5.75 Å². The Kier molecular flexibility index (Phi) is 2.83. The number of carbonyl (C=O) groups excluding carboxylic acids is 4. The van der Waals surface area contributed by atoms with Crippen LogP contribution in [0.3, 0.4) is 0 Å². The SMILES string of the molecule is CCOC(=O)C1=C2C(=O)Oc3ccccc3N2C(=O)C1=O. The first kappa shape index (κ1) is 13.0. The maximum absolute atomic E-state index is 12.1.